The van der Waals surface area contributed by atoms with Crippen LogP contribution in [0.4, 0.5) is 4.39 Å². The van der Waals surface area contributed by atoms with Crippen molar-refractivity contribution in [3.8, 4) is 0 Å². The van der Waals surface area contributed by atoms with E-state index in [0.29, 0.717) is 9.13 Å². The molecule has 4 atom stereocenters. The van der Waals surface area contributed by atoms with Gasteiger partial charge in [-0.15, -0.1) is 0 Å². The van der Waals surface area contributed by atoms with Crippen LogP contribution in [-0.4, -0.2) is 55.9 Å². The maximum atomic E-state index is 15.0. The number of aliphatic hydroxyl groups excluding tert-OH is 2. The van der Waals surface area contributed by atoms with E-state index in [4.69, 9.17) is 9.47 Å². The molecule has 156 valence electrons. The fourth-order valence-corrected chi connectivity index (χ4v) is 2.57. The molecule has 2 rings (SSSR count). The zero-order valence-electron chi connectivity index (χ0n) is 15.9. The van der Waals surface area contributed by atoms with Gasteiger partial charge in [0.1, 0.15) is 12.2 Å². The van der Waals surface area contributed by atoms with E-state index in [9.17, 15) is 33.8 Å². The lowest BCUT2D eigenvalue weighted by molar-refractivity contribution is -0.218. The van der Waals surface area contributed by atoms with Crippen molar-refractivity contribution in [1.82, 2.24) is 9.13 Å². The highest BCUT2D eigenvalue weighted by molar-refractivity contribution is 5.80. The van der Waals surface area contributed by atoms with Crippen LogP contribution < -0.4 is 11.2 Å². The molecule has 2 N–H and O–H groups in total. The minimum atomic E-state index is -2.99. The first-order valence-corrected chi connectivity index (χ1v) is 8.68. The summed E-state index contributed by atoms with van der Waals surface area (Å²) < 4.78 is 25.6. The van der Waals surface area contributed by atoms with Crippen LogP contribution >= 0.6 is 0 Å². The summed E-state index contributed by atoms with van der Waals surface area (Å²) >= 11 is 0. The number of carbonyl (C=O) groups excluding carboxylic acids is 2. The van der Waals surface area contributed by atoms with Crippen LogP contribution in [0.3, 0.4) is 0 Å². The number of hydrogen-bond donors (Lipinski definition) is 2. The zero-order chi connectivity index (χ0) is 21.4. The molecule has 28 heavy (non-hydrogen) atoms. The van der Waals surface area contributed by atoms with Gasteiger partial charge >= 0.3 is 11.7 Å². The summed E-state index contributed by atoms with van der Waals surface area (Å²) in [5, 5.41) is 20.2. The maximum absolute atomic E-state index is 15.0. The van der Waals surface area contributed by atoms with E-state index in [1.165, 1.54) is 27.7 Å². The van der Waals surface area contributed by atoms with Crippen molar-refractivity contribution in [2.75, 3.05) is 6.61 Å². The largest absolute Gasteiger partial charge is 0.459 e. The van der Waals surface area contributed by atoms with E-state index in [1.54, 1.807) is 0 Å². The van der Waals surface area contributed by atoms with Crippen molar-refractivity contribution in [1.29, 1.82) is 0 Å². The van der Waals surface area contributed by atoms with Gasteiger partial charge in [-0.05, 0) is 0 Å². The van der Waals surface area contributed by atoms with Crippen LogP contribution in [0.1, 0.15) is 38.7 Å². The Balaban J connectivity index is 2.38. The molecule has 2 heterocycles. The number of ether oxygens (including phenoxy) is 2. The molecule has 0 aliphatic carbocycles. The van der Waals surface area contributed by atoms with Gasteiger partial charge in [0.05, 0.1) is 5.92 Å². The van der Waals surface area contributed by atoms with Crippen molar-refractivity contribution in [3.05, 3.63) is 33.1 Å². The van der Waals surface area contributed by atoms with Crippen LogP contribution in [0, 0.1) is 11.8 Å². The smallest absolute Gasteiger partial charge is 0.340 e. The highest BCUT2D eigenvalue weighted by Gasteiger charge is 2.57. The molecule has 0 amide bonds. The topological polar surface area (TPSA) is 137 Å². The number of hydrogen-bond acceptors (Lipinski definition) is 8. The summed E-state index contributed by atoms with van der Waals surface area (Å²) in [6.07, 6.45) is -4.91. The summed E-state index contributed by atoms with van der Waals surface area (Å²) in [5.41, 5.74) is -2.06. The number of halogens is 1. The van der Waals surface area contributed by atoms with Gasteiger partial charge < -0.3 is 19.7 Å². The number of alkyl halides is 1. The van der Waals surface area contributed by atoms with Gasteiger partial charge in [0.2, 0.25) is 5.91 Å². The molecule has 1 fully saturated rings. The van der Waals surface area contributed by atoms with Crippen LogP contribution in [0.25, 0.3) is 0 Å². The second-order valence-electron chi connectivity index (χ2n) is 7.16. The van der Waals surface area contributed by atoms with E-state index in [2.05, 4.69) is 0 Å². The number of nitrogens with zero attached hydrogens (tertiary/aromatic N) is 2. The molecular formula is C17H23FN2O8. The SMILES string of the molecule is CC(C)C(=O)OC[C@@]1(F)O[C@@H](n2ccc(=O)n(C(=O)C(C)C)c2=O)[C@H](O)[C@@H]1O. The predicted octanol–water partition coefficient (Wildman–Crippen LogP) is -0.578. The van der Waals surface area contributed by atoms with Crippen LogP contribution in [0.15, 0.2) is 21.9 Å². The van der Waals surface area contributed by atoms with Gasteiger partial charge in [-0.3, -0.25) is 19.0 Å². The number of rotatable bonds is 5. The third-order valence-electron chi connectivity index (χ3n) is 4.26. The monoisotopic (exact) mass is 402 g/mol. The molecule has 0 saturated carbocycles. The first-order valence-electron chi connectivity index (χ1n) is 8.68. The van der Waals surface area contributed by atoms with Gasteiger partial charge in [-0.25, -0.2) is 9.18 Å². The Labute approximate surface area is 159 Å². The molecule has 0 aromatic carbocycles. The third kappa shape index (κ3) is 3.91. The molecule has 1 aromatic heterocycles. The molecule has 10 nitrogen and oxygen atoms in total. The van der Waals surface area contributed by atoms with Crippen molar-refractivity contribution in [2.45, 2.75) is 52.0 Å². The van der Waals surface area contributed by atoms with Gasteiger partial charge in [0.25, 0.3) is 11.4 Å². The van der Waals surface area contributed by atoms with Crippen LogP contribution in [-0.2, 0) is 14.3 Å². The molecule has 1 aliphatic rings. The number of esters is 1. The van der Waals surface area contributed by atoms with E-state index in [-0.39, 0.29) is 0 Å². The second kappa shape index (κ2) is 7.94. The Bertz CT molecular complexity index is 877. The average Bonchev–Trinajstić information content (AvgIpc) is 2.84. The van der Waals surface area contributed by atoms with E-state index >= 15 is 0 Å². The summed E-state index contributed by atoms with van der Waals surface area (Å²) in [7, 11) is 0. The third-order valence-corrected chi connectivity index (χ3v) is 4.26. The van der Waals surface area contributed by atoms with Crippen molar-refractivity contribution < 1.29 is 33.7 Å². The Morgan fingerprint density at radius 1 is 1.25 bits per heavy atom. The minimum absolute atomic E-state index is 0.337. The first-order chi connectivity index (χ1) is 12.9. The fourth-order valence-electron chi connectivity index (χ4n) is 2.57. The molecule has 0 radical (unpaired) electrons. The van der Waals surface area contributed by atoms with E-state index < -0.39 is 65.9 Å². The van der Waals surface area contributed by atoms with Crippen molar-refractivity contribution >= 4 is 11.9 Å². The van der Waals surface area contributed by atoms with Gasteiger partial charge in [0.15, 0.2) is 12.8 Å². The van der Waals surface area contributed by atoms with Crippen molar-refractivity contribution in [2.24, 2.45) is 11.8 Å². The number of carbonyl (C=O) groups is 2. The first kappa shape index (κ1) is 21.9. The molecule has 1 aromatic rings. The molecule has 0 unspecified atom stereocenters. The molecule has 0 spiro atoms. The Kier molecular flexibility index (Phi) is 6.21. The Hall–Kier alpha value is -2.37. The van der Waals surface area contributed by atoms with E-state index in [0.717, 1.165) is 12.3 Å². The number of aromatic nitrogens is 2. The standard InChI is InChI=1S/C17H23FN2O8/c1-8(2)13(24)20-10(21)5-6-19(16(20)26)14-11(22)12(23)17(18,28-14)7-27-15(25)9(3)4/h5-6,8-9,11-12,14,22-23H,7H2,1-4H3/t11-,12+,14-,17-/m1/s1. The average molecular weight is 402 g/mol. The van der Waals surface area contributed by atoms with Crippen LogP contribution in [0.5, 0.6) is 0 Å². The molecule has 1 saturated heterocycles. The molecular weight excluding hydrogens is 379 g/mol. The van der Waals surface area contributed by atoms with Gasteiger partial charge in [-0.2, -0.15) is 4.57 Å². The summed E-state index contributed by atoms with van der Waals surface area (Å²) in [6, 6.07) is 0.876. The second-order valence-corrected chi connectivity index (χ2v) is 7.16. The lowest BCUT2D eigenvalue weighted by Crippen LogP contribution is -2.46. The quantitative estimate of drug-likeness (QED) is 0.624. The maximum Gasteiger partial charge on any atom is 0.340 e. The zero-order valence-corrected chi connectivity index (χ0v) is 15.9. The summed E-state index contributed by atoms with van der Waals surface area (Å²) in [6.45, 7) is 4.98. The molecule has 1 aliphatic heterocycles. The van der Waals surface area contributed by atoms with E-state index in [1.807, 2.05) is 0 Å². The molecule has 0 bridgehead atoms. The highest BCUT2D eigenvalue weighted by Crippen LogP contribution is 2.38. The lowest BCUT2D eigenvalue weighted by Gasteiger charge is -2.23. The Morgan fingerprint density at radius 3 is 2.39 bits per heavy atom. The molecule has 11 heteroatoms. The van der Waals surface area contributed by atoms with Gasteiger partial charge in [0, 0.05) is 18.2 Å². The highest BCUT2D eigenvalue weighted by atomic mass is 19.2. The summed E-state index contributed by atoms with van der Waals surface area (Å²) in [5.74, 6) is -5.78. The minimum Gasteiger partial charge on any atom is -0.459 e. The normalized spacial score (nSPS) is 27.4. The fraction of sp³-hybridized carbons (Fsp3) is 0.647. The van der Waals surface area contributed by atoms with Crippen molar-refractivity contribution in [3.63, 3.8) is 0 Å². The predicted molar refractivity (Wildman–Crippen MR) is 92.2 cm³/mol. The lowest BCUT2D eigenvalue weighted by atomic mass is 10.1. The summed E-state index contributed by atoms with van der Waals surface area (Å²) in [4.78, 5) is 48.1. The van der Waals surface area contributed by atoms with Crippen LogP contribution in [0.2, 0.25) is 0 Å². The number of aliphatic hydroxyl groups is 2. The van der Waals surface area contributed by atoms with Gasteiger partial charge in [-0.1, -0.05) is 27.7 Å². The Morgan fingerprint density at radius 2 is 1.86 bits per heavy atom.